The van der Waals surface area contributed by atoms with Crippen LogP contribution < -0.4 is 0 Å². The number of hydrogen-bond donors (Lipinski definition) is 0. The minimum atomic E-state index is -0.0553. The number of amides is 1. The van der Waals surface area contributed by atoms with Crippen LogP contribution in [0.5, 0.6) is 0 Å². The second-order valence-corrected chi connectivity index (χ2v) is 6.88. The molecule has 4 rings (SSSR count). The van der Waals surface area contributed by atoms with Crippen LogP contribution in [0.2, 0.25) is 0 Å². The Morgan fingerprint density at radius 2 is 1.89 bits per heavy atom. The van der Waals surface area contributed by atoms with E-state index in [0.29, 0.717) is 18.8 Å². The lowest BCUT2D eigenvalue weighted by atomic mass is 10.1. The molecule has 28 heavy (non-hydrogen) atoms. The van der Waals surface area contributed by atoms with Gasteiger partial charge in [0.1, 0.15) is 5.69 Å². The molecule has 0 aliphatic heterocycles. The van der Waals surface area contributed by atoms with E-state index < -0.39 is 0 Å². The van der Waals surface area contributed by atoms with Gasteiger partial charge in [-0.15, -0.1) is 0 Å². The van der Waals surface area contributed by atoms with Crippen molar-refractivity contribution in [1.82, 2.24) is 19.9 Å². The summed E-state index contributed by atoms with van der Waals surface area (Å²) in [6.07, 6.45) is 7.28. The number of hydrogen-bond acceptors (Lipinski definition) is 4. The van der Waals surface area contributed by atoms with E-state index in [1.807, 2.05) is 47.5 Å². The van der Waals surface area contributed by atoms with Crippen LogP contribution in [0.1, 0.15) is 35.8 Å². The molecule has 0 saturated carbocycles. The van der Waals surface area contributed by atoms with Crippen molar-refractivity contribution in [3.05, 3.63) is 78.4 Å². The van der Waals surface area contributed by atoms with Gasteiger partial charge >= 0.3 is 0 Å². The molecule has 0 aliphatic rings. The van der Waals surface area contributed by atoms with Gasteiger partial charge < -0.3 is 4.90 Å². The van der Waals surface area contributed by atoms with Crippen molar-refractivity contribution in [3.8, 4) is 0 Å². The molecule has 140 valence electrons. The first-order valence-corrected chi connectivity index (χ1v) is 9.58. The van der Waals surface area contributed by atoms with Gasteiger partial charge in [0.25, 0.3) is 5.91 Å². The third kappa shape index (κ3) is 3.83. The highest BCUT2D eigenvalue weighted by molar-refractivity contribution is 5.94. The molecule has 0 N–H and O–H groups in total. The molecule has 1 aromatic carbocycles. The zero-order valence-corrected chi connectivity index (χ0v) is 15.9. The van der Waals surface area contributed by atoms with Crippen LogP contribution in [-0.2, 0) is 6.54 Å². The Hall–Kier alpha value is -3.34. The largest absolute Gasteiger partial charge is 0.333 e. The topological polar surface area (TPSA) is 59.0 Å². The number of nitrogens with zero attached hydrogens (tertiary/aromatic N) is 4. The van der Waals surface area contributed by atoms with Gasteiger partial charge in [0.05, 0.1) is 11.0 Å². The maximum absolute atomic E-state index is 13.2. The summed E-state index contributed by atoms with van der Waals surface area (Å²) in [6, 6.07) is 15.6. The van der Waals surface area contributed by atoms with Crippen LogP contribution in [-0.4, -0.2) is 32.3 Å². The van der Waals surface area contributed by atoms with E-state index in [2.05, 4.69) is 27.9 Å². The number of fused-ring (bicyclic) bond motifs is 2. The summed E-state index contributed by atoms with van der Waals surface area (Å²) < 4.78 is 0. The molecule has 0 saturated heterocycles. The molecular formula is C23H22N4O. The second kappa shape index (κ2) is 8.13. The van der Waals surface area contributed by atoms with Crippen LogP contribution in [0.15, 0.2) is 67.1 Å². The van der Waals surface area contributed by atoms with Gasteiger partial charge in [-0.2, -0.15) is 0 Å². The normalized spacial score (nSPS) is 11.0. The number of carbonyl (C=O) groups is 1. The van der Waals surface area contributed by atoms with Gasteiger partial charge in [-0.3, -0.25) is 14.8 Å². The van der Waals surface area contributed by atoms with E-state index in [1.165, 1.54) is 0 Å². The minimum Gasteiger partial charge on any atom is -0.333 e. The van der Waals surface area contributed by atoms with E-state index in [4.69, 9.17) is 0 Å². The second-order valence-electron chi connectivity index (χ2n) is 6.88. The summed E-state index contributed by atoms with van der Waals surface area (Å²) in [6.45, 7) is 3.34. The molecule has 0 fully saturated rings. The van der Waals surface area contributed by atoms with E-state index in [-0.39, 0.29) is 5.91 Å². The van der Waals surface area contributed by atoms with Crippen molar-refractivity contribution in [2.75, 3.05) is 6.54 Å². The minimum absolute atomic E-state index is 0.0553. The van der Waals surface area contributed by atoms with Crippen molar-refractivity contribution >= 4 is 27.7 Å². The molecular weight excluding hydrogens is 348 g/mol. The molecule has 0 radical (unpaired) electrons. The zero-order valence-electron chi connectivity index (χ0n) is 15.9. The molecule has 3 heterocycles. The number of rotatable bonds is 6. The van der Waals surface area contributed by atoms with Crippen LogP contribution in [0.25, 0.3) is 21.8 Å². The first-order valence-electron chi connectivity index (χ1n) is 9.58. The Balaban J connectivity index is 1.62. The highest BCUT2D eigenvalue weighted by Crippen LogP contribution is 2.17. The standard InChI is InChI=1S/C23H22N4O/c1-2-3-12-27(16-17-13-18-6-4-5-7-20(18)25-14-17)23(28)22-9-8-19-15-24-11-10-21(19)26-22/h4-11,13-15H,2-3,12,16H2,1H3. The van der Waals surface area contributed by atoms with Crippen molar-refractivity contribution in [2.45, 2.75) is 26.3 Å². The first kappa shape index (κ1) is 18.0. The van der Waals surface area contributed by atoms with E-state index in [1.54, 1.807) is 18.5 Å². The number of carbonyl (C=O) groups excluding carboxylic acids is 1. The summed E-state index contributed by atoms with van der Waals surface area (Å²) in [5, 5.41) is 2.01. The van der Waals surface area contributed by atoms with Crippen molar-refractivity contribution < 1.29 is 4.79 Å². The average Bonchev–Trinajstić information content (AvgIpc) is 2.75. The number of aromatic nitrogens is 3. The lowest BCUT2D eigenvalue weighted by Crippen LogP contribution is -2.32. The van der Waals surface area contributed by atoms with Crippen molar-refractivity contribution in [2.24, 2.45) is 0 Å². The molecule has 0 aliphatic carbocycles. The van der Waals surface area contributed by atoms with Gasteiger partial charge in [0.15, 0.2) is 0 Å². The van der Waals surface area contributed by atoms with Crippen LogP contribution in [0.3, 0.4) is 0 Å². The highest BCUT2D eigenvalue weighted by atomic mass is 16.2. The monoisotopic (exact) mass is 370 g/mol. The third-order valence-corrected chi connectivity index (χ3v) is 4.80. The lowest BCUT2D eigenvalue weighted by Gasteiger charge is -2.22. The number of unbranched alkanes of at least 4 members (excludes halogenated alkanes) is 1. The van der Waals surface area contributed by atoms with Crippen LogP contribution in [0.4, 0.5) is 0 Å². The summed E-state index contributed by atoms with van der Waals surface area (Å²) in [5.74, 6) is -0.0553. The first-order chi connectivity index (χ1) is 13.7. The molecule has 5 nitrogen and oxygen atoms in total. The highest BCUT2D eigenvalue weighted by Gasteiger charge is 2.18. The van der Waals surface area contributed by atoms with Gasteiger partial charge in [-0.1, -0.05) is 31.5 Å². The number of benzene rings is 1. The Bertz CT molecular complexity index is 1130. The predicted molar refractivity (Wildman–Crippen MR) is 111 cm³/mol. The molecule has 4 aromatic rings. The van der Waals surface area contributed by atoms with Gasteiger partial charge in [0, 0.05) is 42.5 Å². The molecule has 0 unspecified atom stereocenters. The molecule has 0 spiro atoms. The fraction of sp³-hybridized carbons (Fsp3) is 0.217. The van der Waals surface area contributed by atoms with Gasteiger partial charge in [-0.25, -0.2) is 4.98 Å². The van der Waals surface area contributed by atoms with Gasteiger partial charge in [-0.05, 0) is 42.3 Å². The van der Waals surface area contributed by atoms with E-state index in [0.717, 1.165) is 40.2 Å². The molecule has 1 amide bonds. The summed E-state index contributed by atoms with van der Waals surface area (Å²) in [7, 11) is 0. The number of para-hydroxylation sites is 1. The summed E-state index contributed by atoms with van der Waals surface area (Å²) >= 11 is 0. The van der Waals surface area contributed by atoms with Crippen LogP contribution >= 0.6 is 0 Å². The predicted octanol–water partition coefficient (Wildman–Crippen LogP) is 4.62. The molecule has 5 heteroatoms. The zero-order chi connectivity index (χ0) is 19.3. The van der Waals surface area contributed by atoms with Crippen molar-refractivity contribution in [1.29, 1.82) is 0 Å². The van der Waals surface area contributed by atoms with E-state index >= 15 is 0 Å². The van der Waals surface area contributed by atoms with Crippen LogP contribution in [0, 0.1) is 0 Å². The fourth-order valence-corrected chi connectivity index (χ4v) is 3.27. The van der Waals surface area contributed by atoms with E-state index in [9.17, 15) is 4.79 Å². The molecule has 0 bridgehead atoms. The van der Waals surface area contributed by atoms with Crippen molar-refractivity contribution in [3.63, 3.8) is 0 Å². The SMILES string of the molecule is CCCCN(Cc1cnc2ccccc2c1)C(=O)c1ccc2cnccc2n1. The Morgan fingerprint density at radius 3 is 2.79 bits per heavy atom. The Labute approximate surface area is 164 Å². The number of pyridine rings is 3. The smallest absolute Gasteiger partial charge is 0.272 e. The lowest BCUT2D eigenvalue weighted by molar-refractivity contribution is 0.0735. The molecule has 3 aromatic heterocycles. The fourth-order valence-electron chi connectivity index (χ4n) is 3.27. The summed E-state index contributed by atoms with van der Waals surface area (Å²) in [5.41, 5.74) is 3.22. The Kier molecular flexibility index (Phi) is 5.24. The Morgan fingerprint density at radius 1 is 1.00 bits per heavy atom. The maximum Gasteiger partial charge on any atom is 0.272 e. The maximum atomic E-state index is 13.2. The van der Waals surface area contributed by atoms with Gasteiger partial charge in [0.2, 0.25) is 0 Å². The molecule has 0 atom stereocenters. The quantitative estimate of drug-likeness (QED) is 0.497. The average molecular weight is 370 g/mol. The third-order valence-electron chi connectivity index (χ3n) is 4.80. The summed E-state index contributed by atoms with van der Waals surface area (Å²) in [4.78, 5) is 28.2.